The van der Waals surface area contributed by atoms with Gasteiger partial charge in [0.25, 0.3) is 0 Å². The molecule has 2 aromatic rings. The number of H-pyrrole nitrogens is 1. The molecule has 2 aliphatic heterocycles. The molecule has 4 rings (SSSR count). The van der Waals surface area contributed by atoms with E-state index in [1.165, 1.54) is 16.8 Å². The third kappa shape index (κ3) is 5.57. The van der Waals surface area contributed by atoms with Crippen LogP contribution < -0.4 is 4.74 Å². The van der Waals surface area contributed by atoms with E-state index in [1.54, 1.807) is 0 Å². The summed E-state index contributed by atoms with van der Waals surface area (Å²) < 4.78 is 5.90. The summed E-state index contributed by atoms with van der Waals surface area (Å²) in [7, 11) is 0. The molecule has 0 radical (unpaired) electrons. The van der Waals surface area contributed by atoms with Gasteiger partial charge in [-0.25, -0.2) is 0 Å². The molecule has 1 fully saturated rings. The molecule has 1 saturated heterocycles. The molecule has 0 aliphatic carbocycles. The highest BCUT2D eigenvalue weighted by Gasteiger charge is 2.19. The molecule has 0 bridgehead atoms. The lowest BCUT2D eigenvalue weighted by molar-refractivity contribution is 0.0470. The van der Waals surface area contributed by atoms with E-state index in [4.69, 9.17) is 4.74 Å². The van der Waals surface area contributed by atoms with Crippen molar-refractivity contribution in [3.63, 3.8) is 0 Å². The molecule has 1 aromatic carbocycles. The predicted octanol–water partition coefficient (Wildman–Crippen LogP) is 1.35. The van der Waals surface area contributed by atoms with Crippen molar-refractivity contribution in [3.05, 3.63) is 47.3 Å². The summed E-state index contributed by atoms with van der Waals surface area (Å²) in [5.74, 6) is 0.832. The van der Waals surface area contributed by atoms with Crippen LogP contribution in [0.3, 0.4) is 0 Å². The van der Waals surface area contributed by atoms with Crippen LogP contribution >= 0.6 is 0 Å². The van der Waals surface area contributed by atoms with E-state index in [9.17, 15) is 5.11 Å². The number of hydrogen-bond acceptors (Lipinski definition) is 6. The number of nitrogens with zero attached hydrogens (tertiary/aromatic N) is 4. The van der Waals surface area contributed by atoms with Crippen LogP contribution in [0.5, 0.6) is 5.75 Å². The minimum absolute atomic E-state index is 0.333. The Morgan fingerprint density at radius 3 is 2.79 bits per heavy atom. The molecule has 1 aromatic heterocycles. The van der Waals surface area contributed by atoms with Crippen molar-refractivity contribution in [1.82, 2.24) is 24.9 Å². The van der Waals surface area contributed by atoms with Gasteiger partial charge in [-0.05, 0) is 24.2 Å². The van der Waals surface area contributed by atoms with Gasteiger partial charge in [0.05, 0.1) is 6.20 Å². The molecule has 29 heavy (non-hydrogen) atoms. The van der Waals surface area contributed by atoms with Crippen molar-refractivity contribution in [1.29, 1.82) is 0 Å². The SMILES string of the molecule is CCN1CCN(CC(O)COc2cccc(CN3CCc4[nH]ncc4C3)c2)CC1. The number of likely N-dealkylation sites (N-methyl/N-ethyl adjacent to an activating group) is 1. The summed E-state index contributed by atoms with van der Waals surface area (Å²) in [6.45, 7) is 11.4. The number of hydrogen-bond donors (Lipinski definition) is 2. The highest BCUT2D eigenvalue weighted by atomic mass is 16.5. The second-order valence-electron chi connectivity index (χ2n) is 8.18. The van der Waals surface area contributed by atoms with Gasteiger partial charge in [-0.3, -0.25) is 14.9 Å². The minimum Gasteiger partial charge on any atom is -0.491 e. The topological polar surface area (TPSA) is 67.9 Å². The van der Waals surface area contributed by atoms with Crippen LogP contribution in [0.2, 0.25) is 0 Å². The lowest BCUT2D eigenvalue weighted by Crippen LogP contribution is -2.49. The van der Waals surface area contributed by atoms with Gasteiger partial charge >= 0.3 is 0 Å². The van der Waals surface area contributed by atoms with E-state index < -0.39 is 6.10 Å². The largest absolute Gasteiger partial charge is 0.491 e. The van der Waals surface area contributed by atoms with Crippen molar-refractivity contribution in [3.8, 4) is 5.75 Å². The van der Waals surface area contributed by atoms with E-state index in [0.717, 1.165) is 64.5 Å². The van der Waals surface area contributed by atoms with E-state index in [-0.39, 0.29) is 0 Å². The lowest BCUT2D eigenvalue weighted by Gasteiger charge is -2.34. The molecule has 2 aliphatic rings. The Morgan fingerprint density at radius 2 is 1.97 bits per heavy atom. The van der Waals surface area contributed by atoms with Crippen LogP contribution in [-0.4, -0.2) is 88.5 Å². The highest BCUT2D eigenvalue weighted by Crippen LogP contribution is 2.20. The van der Waals surface area contributed by atoms with Crippen molar-refractivity contribution in [2.45, 2.75) is 32.5 Å². The first-order valence-electron chi connectivity index (χ1n) is 10.8. The lowest BCUT2D eigenvalue weighted by atomic mass is 10.1. The first-order chi connectivity index (χ1) is 14.2. The average Bonchev–Trinajstić information content (AvgIpc) is 3.21. The van der Waals surface area contributed by atoms with Gasteiger partial charge in [0, 0.05) is 70.0 Å². The second kappa shape index (κ2) is 9.71. The third-order valence-electron chi connectivity index (χ3n) is 6.01. The van der Waals surface area contributed by atoms with E-state index in [0.29, 0.717) is 13.2 Å². The summed E-state index contributed by atoms with van der Waals surface area (Å²) in [5, 5.41) is 17.6. The van der Waals surface area contributed by atoms with Crippen LogP contribution in [0.1, 0.15) is 23.7 Å². The fourth-order valence-electron chi connectivity index (χ4n) is 4.24. The summed E-state index contributed by atoms with van der Waals surface area (Å²) in [4.78, 5) is 7.21. The molecule has 158 valence electrons. The van der Waals surface area contributed by atoms with Gasteiger partial charge in [-0.2, -0.15) is 5.10 Å². The van der Waals surface area contributed by atoms with Crippen molar-refractivity contribution in [2.24, 2.45) is 0 Å². The fraction of sp³-hybridized carbons (Fsp3) is 0.591. The summed E-state index contributed by atoms with van der Waals surface area (Å²) in [6, 6.07) is 8.24. The number of aliphatic hydroxyl groups excluding tert-OH is 1. The molecule has 7 nitrogen and oxygen atoms in total. The molecular formula is C22H33N5O2. The maximum atomic E-state index is 10.4. The van der Waals surface area contributed by atoms with Crippen molar-refractivity contribution >= 4 is 0 Å². The van der Waals surface area contributed by atoms with Crippen LogP contribution in [0, 0.1) is 0 Å². The Morgan fingerprint density at radius 1 is 1.14 bits per heavy atom. The second-order valence-corrected chi connectivity index (χ2v) is 8.18. The van der Waals surface area contributed by atoms with Gasteiger partial charge in [-0.15, -0.1) is 0 Å². The van der Waals surface area contributed by atoms with Gasteiger partial charge < -0.3 is 14.7 Å². The molecule has 3 heterocycles. The van der Waals surface area contributed by atoms with Gasteiger partial charge in [0.15, 0.2) is 0 Å². The molecule has 1 unspecified atom stereocenters. The summed E-state index contributed by atoms with van der Waals surface area (Å²) in [5.41, 5.74) is 3.80. The maximum Gasteiger partial charge on any atom is 0.119 e. The molecule has 0 saturated carbocycles. The maximum absolute atomic E-state index is 10.4. The Hall–Kier alpha value is -1.93. The molecule has 1 atom stereocenters. The molecule has 0 amide bonds. The number of ether oxygens (including phenoxy) is 1. The number of fused-ring (bicyclic) bond motifs is 1. The van der Waals surface area contributed by atoms with Crippen molar-refractivity contribution < 1.29 is 9.84 Å². The number of benzene rings is 1. The Kier molecular flexibility index (Phi) is 6.82. The number of aliphatic hydroxyl groups is 1. The molecule has 2 N–H and O–H groups in total. The zero-order valence-electron chi connectivity index (χ0n) is 17.4. The predicted molar refractivity (Wildman–Crippen MR) is 113 cm³/mol. The first-order valence-corrected chi connectivity index (χ1v) is 10.8. The fourth-order valence-corrected chi connectivity index (χ4v) is 4.24. The number of β-amino-alcohol motifs (C(OH)–C–C–N with tert-alkyl or cyclic N) is 1. The Bertz CT molecular complexity index is 772. The monoisotopic (exact) mass is 399 g/mol. The minimum atomic E-state index is -0.464. The number of aromatic amines is 1. The first kappa shape index (κ1) is 20.3. The van der Waals surface area contributed by atoms with Crippen molar-refractivity contribution in [2.75, 3.05) is 52.4 Å². The van der Waals surface area contributed by atoms with Crippen LogP contribution in [0.4, 0.5) is 0 Å². The van der Waals surface area contributed by atoms with Crippen LogP contribution in [0.15, 0.2) is 30.5 Å². The smallest absolute Gasteiger partial charge is 0.119 e. The van der Waals surface area contributed by atoms with Gasteiger partial charge in [0.1, 0.15) is 18.5 Å². The van der Waals surface area contributed by atoms with E-state index in [1.807, 2.05) is 18.3 Å². The molecule has 0 spiro atoms. The highest BCUT2D eigenvalue weighted by molar-refractivity contribution is 5.29. The number of nitrogens with one attached hydrogen (secondary N) is 1. The van der Waals surface area contributed by atoms with Gasteiger partial charge in [-0.1, -0.05) is 19.1 Å². The van der Waals surface area contributed by atoms with Crippen LogP contribution in [0.25, 0.3) is 0 Å². The quantitative estimate of drug-likeness (QED) is 0.698. The normalized spacial score (nSPS) is 19.8. The van der Waals surface area contributed by atoms with Gasteiger partial charge in [0.2, 0.25) is 0 Å². The molecule has 7 heteroatoms. The third-order valence-corrected chi connectivity index (χ3v) is 6.01. The summed E-state index contributed by atoms with van der Waals surface area (Å²) >= 11 is 0. The van der Waals surface area contributed by atoms with E-state index in [2.05, 4.69) is 44.0 Å². The Labute approximate surface area is 173 Å². The number of aromatic nitrogens is 2. The Balaban J connectivity index is 1.23. The molecular weight excluding hydrogens is 366 g/mol. The number of piperazine rings is 1. The zero-order chi connectivity index (χ0) is 20.1. The standard InChI is InChI=1S/C22H33N5O2/c1-2-25-8-10-26(11-9-25)16-20(28)17-29-21-5-3-4-18(12-21)14-27-7-6-22-19(15-27)13-23-24-22/h3-5,12-13,20,28H,2,6-11,14-17H2,1H3,(H,23,24). The zero-order valence-corrected chi connectivity index (χ0v) is 17.4. The van der Waals surface area contributed by atoms with Crippen LogP contribution in [-0.2, 0) is 19.5 Å². The summed E-state index contributed by atoms with van der Waals surface area (Å²) in [6.07, 6.45) is 2.49. The van der Waals surface area contributed by atoms with E-state index >= 15 is 0 Å². The average molecular weight is 400 g/mol. The number of rotatable bonds is 8.